The van der Waals surface area contributed by atoms with E-state index in [4.69, 9.17) is 0 Å². The molecule has 0 aromatic rings. The molecule has 0 bridgehead atoms. The molecular formula is CH7N2Pd-3. The van der Waals surface area contributed by atoms with Crippen LogP contribution in [0.4, 0.5) is 0 Å². The van der Waals surface area contributed by atoms with E-state index in [1.165, 1.54) is 0 Å². The standard InChI is InChI=1S/CH3.2H2N.Pd/h1H3;2*1H2;/q3*-1;. The molecule has 4 heavy (non-hydrogen) atoms. The minimum atomic E-state index is 0. The molecule has 0 aliphatic rings. The van der Waals surface area contributed by atoms with E-state index in [-0.39, 0.29) is 40.2 Å². The zero-order valence-electron chi connectivity index (χ0n) is 2.47. The van der Waals surface area contributed by atoms with Crippen molar-refractivity contribution in [2.45, 2.75) is 0 Å². The van der Waals surface area contributed by atoms with Crippen molar-refractivity contribution in [3.63, 3.8) is 0 Å². The summed E-state index contributed by atoms with van der Waals surface area (Å²) < 4.78 is 0. The predicted molar refractivity (Wildman–Crippen MR) is 17.0 cm³/mol. The van der Waals surface area contributed by atoms with Gasteiger partial charge in [-0.3, -0.25) is 0 Å². The van der Waals surface area contributed by atoms with Gasteiger partial charge in [-0.25, -0.2) is 0 Å². The van der Waals surface area contributed by atoms with Crippen LogP contribution in [0, 0.1) is 7.43 Å². The van der Waals surface area contributed by atoms with Gasteiger partial charge >= 0.3 is 0 Å². The Balaban J connectivity index is 0. The Morgan fingerprint density at radius 3 is 0.750 bits per heavy atom. The van der Waals surface area contributed by atoms with E-state index in [2.05, 4.69) is 0 Å². The maximum absolute atomic E-state index is 0. The fourth-order valence-electron chi connectivity index (χ4n) is 0. The maximum Gasteiger partial charge on any atom is 0 e. The Morgan fingerprint density at radius 2 is 0.750 bits per heavy atom. The van der Waals surface area contributed by atoms with Gasteiger partial charge in [0.1, 0.15) is 0 Å². The normalized spacial score (nSPS) is 0. The molecule has 0 aliphatic heterocycles. The Morgan fingerprint density at radius 1 is 0.750 bits per heavy atom. The van der Waals surface area contributed by atoms with Gasteiger partial charge < -0.3 is 19.7 Å². The predicted octanol–water partition coefficient (Wildman–Crippen LogP) is 1.88. The van der Waals surface area contributed by atoms with Crippen LogP contribution in [0.2, 0.25) is 0 Å². The van der Waals surface area contributed by atoms with E-state index in [1.54, 1.807) is 0 Å². The zero-order chi connectivity index (χ0) is 0. The second-order valence-electron chi connectivity index (χ2n) is 0. The van der Waals surface area contributed by atoms with Gasteiger partial charge in [-0.05, 0) is 0 Å². The minimum absolute atomic E-state index is 0. The first kappa shape index (κ1) is 173. The van der Waals surface area contributed by atoms with Gasteiger partial charge in [0.15, 0.2) is 0 Å². The van der Waals surface area contributed by atoms with Crippen molar-refractivity contribution in [2.75, 3.05) is 0 Å². The summed E-state index contributed by atoms with van der Waals surface area (Å²) in [5, 5.41) is 0. The first-order valence-electron chi connectivity index (χ1n) is 0. The molecular weight excluding hydrogens is 146 g/mol. The summed E-state index contributed by atoms with van der Waals surface area (Å²) in [7, 11) is 0. The van der Waals surface area contributed by atoms with Crippen LogP contribution in [0.1, 0.15) is 0 Å². The molecule has 4 N–H and O–H groups in total. The summed E-state index contributed by atoms with van der Waals surface area (Å²) in [6.07, 6.45) is 0. The second kappa shape index (κ2) is 70.4. The molecule has 0 rings (SSSR count). The molecule has 0 saturated heterocycles. The van der Waals surface area contributed by atoms with Crippen molar-refractivity contribution in [1.29, 1.82) is 0 Å². The molecule has 0 aliphatic carbocycles. The zero-order valence-corrected chi connectivity index (χ0v) is 4.03. The van der Waals surface area contributed by atoms with Crippen LogP contribution in [0.5, 0.6) is 0 Å². The molecule has 0 spiro atoms. The van der Waals surface area contributed by atoms with Crippen molar-refractivity contribution < 1.29 is 20.4 Å². The quantitative estimate of drug-likeness (QED) is 0.377. The number of rotatable bonds is 0. The second-order valence-corrected chi connectivity index (χ2v) is 0. The van der Waals surface area contributed by atoms with E-state index in [0.29, 0.717) is 0 Å². The van der Waals surface area contributed by atoms with E-state index >= 15 is 0 Å². The third kappa shape index (κ3) is 19.1. The van der Waals surface area contributed by atoms with Crippen LogP contribution in [0.3, 0.4) is 0 Å². The van der Waals surface area contributed by atoms with Crippen LogP contribution < -0.4 is 0 Å². The average Bonchev–Trinajstić information content (AvgIpc) is 0. The van der Waals surface area contributed by atoms with Crippen LogP contribution in [-0.2, 0) is 20.4 Å². The van der Waals surface area contributed by atoms with Gasteiger partial charge in [0.2, 0.25) is 0 Å². The summed E-state index contributed by atoms with van der Waals surface area (Å²) in [5.41, 5.74) is 0. The molecule has 0 radical (unpaired) electrons. The fourth-order valence-corrected chi connectivity index (χ4v) is 0. The fraction of sp³-hybridized carbons (Fsp3) is 0. The monoisotopic (exact) mass is 153 g/mol. The summed E-state index contributed by atoms with van der Waals surface area (Å²) in [6.45, 7) is 0. The first-order valence-corrected chi connectivity index (χ1v) is 0. The van der Waals surface area contributed by atoms with Gasteiger partial charge in [-0.15, -0.1) is 0 Å². The molecule has 3 heteroatoms. The topological polar surface area (TPSA) is 67.0 Å². The smallest absolute Gasteiger partial charge is 0 e. The van der Waals surface area contributed by atoms with Gasteiger partial charge in [0, 0.05) is 20.4 Å². The van der Waals surface area contributed by atoms with E-state index in [9.17, 15) is 0 Å². The van der Waals surface area contributed by atoms with Gasteiger partial charge in [0.05, 0.1) is 0 Å². The number of nitrogens with two attached hydrogens (primary N) is 2. The third-order valence-electron chi connectivity index (χ3n) is 0. The van der Waals surface area contributed by atoms with E-state index in [1.807, 2.05) is 0 Å². The summed E-state index contributed by atoms with van der Waals surface area (Å²) >= 11 is 0. The van der Waals surface area contributed by atoms with E-state index < -0.39 is 0 Å². The van der Waals surface area contributed by atoms with Crippen LogP contribution >= 0.6 is 0 Å². The van der Waals surface area contributed by atoms with Crippen LogP contribution in [0.25, 0.3) is 12.3 Å². The Kier molecular flexibility index (Phi) is 3050. The Hall–Kier alpha value is 0.582. The number of hydrogen-bond donors (Lipinski definition) is 0. The third-order valence-corrected chi connectivity index (χ3v) is 0. The first-order chi connectivity index (χ1) is 0. The average molecular weight is 154 g/mol. The van der Waals surface area contributed by atoms with Crippen molar-refractivity contribution in [1.82, 2.24) is 0 Å². The molecule has 0 unspecified atom stereocenters. The van der Waals surface area contributed by atoms with Crippen LogP contribution in [0.15, 0.2) is 0 Å². The SMILES string of the molecule is [CH3-].[NH2-].[NH2-].[Pd]. The molecule has 0 amide bonds. The molecule has 0 saturated carbocycles. The molecule has 2 nitrogen and oxygen atoms in total. The van der Waals surface area contributed by atoms with Gasteiger partial charge in [0.25, 0.3) is 0 Å². The van der Waals surface area contributed by atoms with Crippen molar-refractivity contribution in [2.24, 2.45) is 0 Å². The van der Waals surface area contributed by atoms with Crippen molar-refractivity contribution in [3.8, 4) is 0 Å². The van der Waals surface area contributed by atoms with Crippen molar-refractivity contribution in [3.05, 3.63) is 19.7 Å². The largest absolute Gasteiger partial charge is 0.693 e. The molecule has 0 fully saturated rings. The number of hydrogen-bond acceptors (Lipinski definition) is 0. The summed E-state index contributed by atoms with van der Waals surface area (Å²) in [5.74, 6) is 0. The minimum Gasteiger partial charge on any atom is -0.693 e. The maximum atomic E-state index is 0. The molecule has 0 aromatic carbocycles. The summed E-state index contributed by atoms with van der Waals surface area (Å²) in [6, 6.07) is 0. The van der Waals surface area contributed by atoms with E-state index in [0.717, 1.165) is 0 Å². The Bertz CT molecular complexity index is 6.00. The Labute approximate surface area is 40.8 Å². The summed E-state index contributed by atoms with van der Waals surface area (Å²) in [4.78, 5) is 0. The molecule has 0 heterocycles. The van der Waals surface area contributed by atoms with Crippen LogP contribution in [-0.4, -0.2) is 0 Å². The molecule has 34 valence electrons. The van der Waals surface area contributed by atoms with Gasteiger partial charge in [-0.2, -0.15) is 0 Å². The van der Waals surface area contributed by atoms with Crippen molar-refractivity contribution >= 4 is 0 Å². The van der Waals surface area contributed by atoms with Gasteiger partial charge in [-0.1, -0.05) is 0 Å². The molecule has 0 atom stereocenters. The molecule has 0 aromatic heterocycles.